The van der Waals surface area contributed by atoms with E-state index >= 15 is 0 Å². The molecule has 1 aromatic rings. The molecule has 14 heavy (non-hydrogen) atoms. The van der Waals surface area contributed by atoms with Crippen molar-refractivity contribution in [2.75, 3.05) is 0 Å². The van der Waals surface area contributed by atoms with Crippen LogP contribution in [0.25, 0.3) is 0 Å². The summed E-state index contributed by atoms with van der Waals surface area (Å²) in [6, 6.07) is 6.53. The molecule has 0 fully saturated rings. The van der Waals surface area contributed by atoms with E-state index in [1.807, 2.05) is 0 Å². The molecule has 0 aliphatic heterocycles. The van der Waals surface area contributed by atoms with Crippen molar-refractivity contribution in [3.05, 3.63) is 29.8 Å². The van der Waals surface area contributed by atoms with Crippen LogP contribution in [0.4, 0.5) is 0 Å². The Balaban J connectivity index is 2.46. The van der Waals surface area contributed by atoms with Gasteiger partial charge in [0.05, 0.1) is 0 Å². The molecule has 1 aromatic carbocycles. The topological polar surface area (TPSA) is 46.5 Å². The number of benzene rings is 1. The van der Waals surface area contributed by atoms with Crippen LogP contribution in [0.15, 0.2) is 24.3 Å². The molecule has 0 heterocycles. The van der Waals surface area contributed by atoms with Crippen LogP contribution in [0, 0.1) is 0 Å². The van der Waals surface area contributed by atoms with Crippen molar-refractivity contribution in [1.82, 2.24) is 0 Å². The zero-order valence-electron chi connectivity index (χ0n) is 7.74. The maximum absolute atomic E-state index is 11.1. The zero-order valence-corrected chi connectivity index (χ0v) is 9.32. The number of hydrogen-bond donors (Lipinski definition) is 1. The first-order valence-corrected chi connectivity index (χ1v) is 5.10. The molecule has 0 aromatic heterocycles. The largest absolute Gasteiger partial charge is 0.508 e. The number of rotatable bonds is 3. The van der Waals surface area contributed by atoms with Gasteiger partial charge < -0.3 is 9.84 Å². The number of hydrogen-bond acceptors (Lipinski definition) is 3. The van der Waals surface area contributed by atoms with E-state index in [0.29, 0.717) is 0 Å². The lowest BCUT2D eigenvalue weighted by atomic mass is 10.2. The predicted molar refractivity (Wildman–Crippen MR) is 56.3 cm³/mol. The second-order valence-electron chi connectivity index (χ2n) is 2.89. The molecule has 4 heteroatoms. The summed E-state index contributed by atoms with van der Waals surface area (Å²) in [4.78, 5) is 10.8. The Bertz CT molecular complexity index is 306. The second-order valence-corrected chi connectivity index (χ2v) is 4.26. The number of carbonyl (C=O) groups is 1. The van der Waals surface area contributed by atoms with E-state index in [0.717, 1.165) is 5.56 Å². The molecule has 1 unspecified atom stereocenters. The molecule has 0 aliphatic rings. The summed E-state index contributed by atoms with van der Waals surface area (Å²) in [7, 11) is 0. The molecular weight excluding hydrogens is 248 g/mol. The number of alkyl halides is 1. The van der Waals surface area contributed by atoms with Crippen molar-refractivity contribution >= 4 is 21.9 Å². The van der Waals surface area contributed by atoms with Crippen LogP contribution >= 0.6 is 15.9 Å². The van der Waals surface area contributed by atoms with Gasteiger partial charge in [0.2, 0.25) is 0 Å². The highest BCUT2D eigenvalue weighted by Crippen LogP contribution is 2.11. The fraction of sp³-hybridized carbons (Fsp3) is 0.300. The fourth-order valence-electron chi connectivity index (χ4n) is 0.861. The highest BCUT2D eigenvalue weighted by molar-refractivity contribution is 9.10. The summed E-state index contributed by atoms with van der Waals surface area (Å²) in [5.74, 6) is -0.0907. The van der Waals surface area contributed by atoms with Crippen LogP contribution in [-0.4, -0.2) is 15.9 Å². The molecule has 0 radical (unpaired) electrons. The molecule has 0 saturated heterocycles. The van der Waals surface area contributed by atoms with Crippen LogP contribution in [0.1, 0.15) is 12.5 Å². The van der Waals surface area contributed by atoms with Gasteiger partial charge >= 0.3 is 5.97 Å². The van der Waals surface area contributed by atoms with E-state index in [4.69, 9.17) is 9.84 Å². The number of halogens is 1. The monoisotopic (exact) mass is 258 g/mol. The molecule has 1 N–H and O–H groups in total. The van der Waals surface area contributed by atoms with Gasteiger partial charge in [-0.1, -0.05) is 28.1 Å². The van der Waals surface area contributed by atoms with Crippen LogP contribution in [0.5, 0.6) is 5.75 Å². The summed E-state index contributed by atoms with van der Waals surface area (Å²) in [6.45, 7) is 1.94. The number of ether oxygens (including phenoxy) is 1. The van der Waals surface area contributed by atoms with Gasteiger partial charge in [0.25, 0.3) is 0 Å². The van der Waals surface area contributed by atoms with E-state index in [9.17, 15) is 4.79 Å². The standard InChI is InChI=1S/C10H11BrO3/c1-7(11)10(13)14-6-8-2-4-9(12)5-3-8/h2-5,7,12H,6H2,1H3. The molecule has 0 aliphatic carbocycles. The molecular formula is C10H11BrO3. The van der Waals surface area contributed by atoms with Gasteiger partial charge in [-0.3, -0.25) is 4.79 Å². The molecule has 1 rings (SSSR count). The SMILES string of the molecule is CC(Br)C(=O)OCc1ccc(O)cc1. The van der Waals surface area contributed by atoms with Gasteiger partial charge in [-0.25, -0.2) is 0 Å². The van der Waals surface area contributed by atoms with Gasteiger partial charge in [0, 0.05) is 0 Å². The Kier molecular flexibility index (Phi) is 3.95. The summed E-state index contributed by atoms with van der Waals surface area (Å²) >= 11 is 3.11. The summed E-state index contributed by atoms with van der Waals surface area (Å²) < 4.78 is 4.96. The van der Waals surface area contributed by atoms with Crippen molar-refractivity contribution < 1.29 is 14.6 Å². The zero-order chi connectivity index (χ0) is 10.6. The lowest BCUT2D eigenvalue weighted by Gasteiger charge is -2.05. The molecule has 0 amide bonds. The summed E-state index contributed by atoms with van der Waals surface area (Å²) in [5, 5.41) is 9.01. The van der Waals surface area contributed by atoms with E-state index in [1.165, 1.54) is 0 Å². The summed E-state index contributed by atoms with van der Waals surface area (Å²) in [5.41, 5.74) is 0.851. The molecule has 0 spiro atoms. The average Bonchev–Trinajstić information content (AvgIpc) is 2.16. The van der Waals surface area contributed by atoms with E-state index < -0.39 is 0 Å². The molecule has 0 bridgehead atoms. The molecule has 0 saturated carbocycles. The highest BCUT2D eigenvalue weighted by atomic mass is 79.9. The van der Waals surface area contributed by atoms with Gasteiger partial charge in [0.1, 0.15) is 17.2 Å². The lowest BCUT2D eigenvalue weighted by Crippen LogP contribution is -2.13. The Morgan fingerprint density at radius 3 is 2.57 bits per heavy atom. The minimum atomic E-state index is -0.293. The van der Waals surface area contributed by atoms with Crippen LogP contribution < -0.4 is 0 Å². The smallest absolute Gasteiger partial charge is 0.319 e. The van der Waals surface area contributed by atoms with E-state index in [-0.39, 0.29) is 23.2 Å². The first-order chi connectivity index (χ1) is 6.59. The second kappa shape index (κ2) is 5.00. The van der Waals surface area contributed by atoms with Crippen molar-refractivity contribution in [3.8, 4) is 5.75 Å². The number of carbonyl (C=O) groups excluding carboxylic acids is 1. The molecule has 3 nitrogen and oxygen atoms in total. The van der Waals surface area contributed by atoms with Crippen molar-refractivity contribution in [2.24, 2.45) is 0 Å². The number of phenols is 1. The highest BCUT2D eigenvalue weighted by Gasteiger charge is 2.09. The van der Waals surface area contributed by atoms with Gasteiger partial charge in [-0.05, 0) is 24.6 Å². The Labute approximate surface area is 90.8 Å². The third-order valence-corrected chi connectivity index (χ3v) is 2.02. The maximum atomic E-state index is 11.1. The minimum Gasteiger partial charge on any atom is -0.508 e. The average molecular weight is 259 g/mol. The van der Waals surface area contributed by atoms with Crippen LogP contribution in [0.3, 0.4) is 0 Å². The first kappa shape index (κ1) is 11.0. The number of phenolic OH excluding ortho intramolecular Hbond substituents is 1. The third-order valence-electron chi connectivity index (χ3n) is 1.64. The normalized spacial score (nSPS) is 12.1. The maximum Gasteiger partial charge on any atom is 0.319 e. The Morgan fingerprint density at radius 1 is 1.50 bits per heavy atom. The van der Waals surface area contributed by atoms with Crippen LogP contribution in [-0.2, 0) is 16.1 Å². The first-order valence-electron chi connectivity index (χ1n) is 4.18. The number of esters is 1. The van der Waals surface area contributed by atoms with Crippen molar-refractivity contribution in [1.29, 1.82) is 0 Å². The summed E-state index contributed by atoms with van der Waals surface area (Å²) in [6.07, 6.45) is 0. The Morgan fingerprint density at radius 2 is 2.07 bits per heavy atom. The molecule has 76 valence electrons. The van der Waals surface area contributed by atoms with Crippen molar-refractivity contribution in [2.45, 2.75) is 18.4 Å². The quantitative estimate of drug-likeness (QED) is 0.668. The minimum absolute atomic E-state index is 0.203. The van der Waals surface area contributed by atoms with Crippen LogP contribution in [0.2, 0.25) is 0 Å². The van der Waals surface area contributed by atoms with Gasteiger partial charge in [-0.15, -0.1) is 0 Å². The van der Waals surface area contributed by atoms with Gasteiger partial charge in [0.15, 0.2) is 0 Å². The Hall–Kier alpha value is -1.03. The fourth-order valence-corrected chi connectivity index (χ4v) is 0.994. The van der Waals surface area contributed by atoms with Crippen molar-refractivity contribution in [3.63, 3.8) is 0 Å². The lowest BCUT2D eigenvalue weighted by molar-refractivity contribution is -0.143. The van der Waals surface area contributed by atoms with Gasteiger partial charge in [-0.2, -0.15) is 0 Å². The van der Waals surface area contributed by atoms with E-state index in [1.54, 1.807) is 31.2 Å². The predicted octanol–water partition coefficient (Wildman–Crippen LogP) is 2.22. The van der Waals surface area contributed by atoms with E-state index in [2.05, 4.69) is 15.9 Å². The number of aromatic hydroxyl groups is 1. The third kappa shape index (κ3) is 3.38. The molecule has 1 atom stereocenters.